The summed E-state index contributed by atoms with van der Waals surface area (Å²) >= 11 is 5.43. The molecule has 0 aliphatic carbocycles. The molecule has 1 unspecified atom stereocenters. The van der Waals surface area contributed by atoms with Crippen molar-refractivity contribution in [2.45, 2.75) is 45.6 Å². The first-order valence-electron chi connectivity index (χ1n) is 10.7. The van der Waals surface area contributed by atoms with Gasteiger partial charge in [0, 0.05) is 38.3 Å². The van der Waals surface area contributed by atoms with Crippen molar-refractivity contribution < 1.29 is 9.59 Å². The number of carbonyl (C=O) groups excluding carboxylic acids is 2. The van der Waals surface area contributed by atoms with E-state index in [0.29, 0.717) is 5.56 Å². The summed E-state index contributed by atoms with van der Waals surface area (Å²) in [4.78, 5) is 30.3. The van der Waals surface area contributed by atoms with Crippen molar-refractivity contribution in [1.29, 1.82) is 0 Å². The van der Waals surface area contributed by atoms with Gasteiger partial charge in [0.1, 0.15) is 6.04 Å². The van der Waals surface area contributed by atoms with Crippen molar-refractivity contribution >= 4 is 29.1 Å². The molecule has 1 aromatic carbocycles. The first-order valence-corrected chi connectivity index (χ1v) is 11.1. The number of nitrogens with one attached hydrogen (secondary N) is 2. The Hall–Kier alpha value is -2.15. The molecule has 0 spiro atoms. The van der Waals surface area contributed by atoms with Crippen LogP contribution in [0.2, 0.25) is 0 Å². The minimum atomic E-state index is -0.477. The third-order valence-electron chi connectivity index (χ3n) is 5.99. The van der Waals surface area contributed by atoms with E-state index in [1.807, 2.05) is 43.0 Å². The van der Waals surface area contributed by atoms with Gasteiger partial charge in [-0.05, 0) is 69.3 Å². The third kappa shape index (κ3) is 5.26. The normalized spacial score (nSPS) is 18.4. The van der Waals surface area contributed by atoms with E-state index in [1.165, 1.54) is 0 Å². The van der Waals surface area contributed by atoms with E-state index < -0.39 is 6.04 Å². The number of likely N-dealkylation sites (tertiary alicyclic amines) is 2. The molecule has 1 atom stereocenters. The maximum absolute atomic E-state index is 13.3. The molecule has 158 valence electrons. The van der Waals surface area contributed by atoms with Crippen molar-refractivity contribution in [3.8, 4) is 0 Å². The number of carbonyl (C=O) groups is 2. The Morgan fingerprint density at radius 3 is 2.38 bits per heavy atom. The maximum Gasteiger partial charge on any atom is 0.252 e. The topological polar surface area (TPSA) is 64.7 Å². The molecule has 2 N–H and O–H groups in total. The predicted octanol–water partition coefficient (Wildman–Crippen LogP) is 2.32. The number of thiocarbonyl (C=S) groups is 1. The number of amides is 2. The SMILES string of the molecule is CCNC(=S)N1CCC(C(NC(=O)c2ccccc2C)C(=O)N2CCCC2)CC1. The molecule has 2 amide bonds. The van der Waals surface area contributed by atoms with Crippen LogP contribution in [0.4, 0.5) is 0 Å². The van der Waals surface area contributed by atoms with E-state index in [2.05, 4.69) is 15.5 Å². The minimum Gasteiger partial charge on any atom is -0.363 e. The van der Waals surface area contributed by atoms with E-state index in [-0.39, 0.29) is 17.7 Å². The summed E-state index contributed by atoms with van der Waals surface area (Å²) in [6, 6.07) is 7.04. The third-order valence-corrected chi connectivity index (χ3v) is 6.39. The van der Waals surface area contributed by atoms with Gasteiger partial charge in [-0.15, -0.1) is 0 Å². The zero-order chi connectivity index (χ0) is 20.8. The fraction of sp³-hybridized carbons (Fsp3) is 0.591. The molecule has 2 fully saturated rings. The van der Waals surface area contributed by atoms with Crippen molar-refractivity contribution in [1.82, 2.24) is 20.4 Å². The summed E-state index contributed by atoms with van der Waals surface area (Å²) in [5, 5.41) is 7.07. The standard InChI is InChI=1S/C22H32N4O2S/c1-3-23-22(29)26-14-10-17(11-15-26)19(21(28)25-12-6-7-13-25)24-20(27)18-9-5-4-8-16(18)2/h4-5,8-9,17,19H,3,6-7,10-15H2,1-2H3,(H,23,29)(H,24,27). The van der Waals surface area contributed by atoms with Gasteiger partial charge in [0.05, 0.1) is 0 Å². The molecule has 2 saturated heterocycles. The fourth-order valence-electron chi connectivity index (χ4n) is 4.26. The molecule has 7 heteroatoms. The smallest absolute Gasteiger partial charge is 0.252 e. The maximum atomic E-state index is 13.3. The molecule has 6 nitrogen and oxygen atoms in total. The van der Waals surface area contributed by atoms with E-state index in [1.54, 1.807) is 0 Å². The van der Waals surface area contributed by atoms with Gasteiger partial charge in [0.25, 0.3) is 5.91 Å². The second-order valence-electron chi connectivity index (χ2n) is 7.96. The first kappa shape index (κ1) is 21.6. The zero-order valence-corrected chi connectivity index (χ0v) is 18.3. The molecule has 2 aliphatic heterocycles. The van der Waals surface area contributed by atoms with Crippen LogP contribution in [-0.4, -0.2) is 65.5 Å². The van der Waals surface area contributed by atoms with E-state index >= 15 is 0 Å². The number of rotatable bonds is 5. The highest BCUT2D eigenvalue weighted by Gasteiger charge is 2.36. The fourth-order valence-corrected chi connectivity index (χ4v) is 4.59. The largest absolute Gasteiger partial charge is 0.363 e. The molecular weight excluding hydrogens is 384 g/mol. The number of piperidine rings is 1. The van der Waals surface area contributed by atoms with E-state index in [4.69, 9.17) is 12.2 Å². The van der Waals surface area contributed by atoms with Gasteiger partial charge < -0.3 is 20.4 Å². The quantitative estimate of drug-likeness (QED) is 0.722. The van der Waals surface area contributed by atoms with Gasteiger partial charge in [-0.25, -0.2) is 0 Å². The van der Waals surface area contributed by atoms with Crippen molar-refractivity contribution in [2.75, 3.05) is 32.7 Å². The lowest BCUT2D eigenvalue weighted by atomic mass is 9.88. The summed E-state index contributed by atoms with van der Waals surface area (Å²) < 4.78 is 0. The van der Waals surface area contributed by atoms with Gasteiger partial charge in [-0.2, -0.15) is 0 Å². The second kappa shape index (κ2) is 10.1. The number of aryl methyl sites for hydroxylation is 1. The van der Waals surface area contributed by atoms with Crippen LogP contribution in [0.3, 0.4) is 0 Å². The lowest BCUT2D eigenvalue weighted by Crippen LogP contribution is -2.55. The number of benzene rings is 1. The molecule has 2 aliphatic rings. The van der Waals surface area contributed by atoms with Crippen LogP contribution >= 0.6 is 12.2 Å². The Kier molecular flexibility index (Phi) is 7.47. The predicted molar refractivity (Wildman–Crippen MR) is 119 cm³/mol. The molecule has 2 heterocycles. The summed E-state index contributed by atoms with van der Waals surface area (Å²) in [5.74, 6) is 0.0279. The van der Waals surface area contributed by atoms with Gasteiger partial charge >= 0.3 is 0 Å². The average Bonchev–Trinajstić information content (AvgIpc) is 3.27. The lowest BCUT2D eigenvalue weighted by Gasteiger charge is -2.38. The van der Waals surface area contributed by atoms with Gasteiger partial charge in [-0.1, -0.05) is 18.2 Å². The lowest BCUT2D eigenvalue weighted by molar-refractivity contribution is -0.134. The Labute approximate surface area is 179 Å². The van der Waals surface area contributed by atoms with Crippen LogP contribution in [0.5, 0.6) is 0 Å². The van der Waals surface area contributed by atoms with Gasteiger partial charge in [0.2, 0.25) is 5.91 Å². The van der Waals surface area contributed by atoms with Gasteiger partial charge in [-0.3, -0.25) is 9.59 Å². The Balaban J connectivity index is 1.72. The zero-order valence-electron chi connectivity index (χ0n) is 17.4. The van der Waals surface area contributed by atoms with Crippen LogP contribution in [0, 0.1) is 12.8 Å². The Bertz CT molecular complexity index is 740. The summed E-state index contributed by atoms with van der Waals surface area (Å²) in [7, 11) is 0. The Morgan fingerprint density at radius 2 is 1.76 bits per heavy atom. The monoisotopic (exact) mass is 416 g/mol. The van der Waals surface area contributed by atoms with Crippen LogP contribution in [0.25, 0.3) is 0 Å². The van der Waals surface area contributed by atoms with Gasteiger partial charge in [0.15, 0.2) is 5.11 Å². The molecule has 0 saturated carbocycles. The molecular formula is C22H32N4O2S. The van der Waals surface area contributed by atoms with E-state index in [9.17, 15) is 9.59 Å². The summed E-state index contributed by atoms with van der Waals surface area (Å²) in [6.07, 6.45) is 3.76. The highest BCUT2D eigenvalue weighted by Crippen LogP contribution is 2.24. The number of hydrogen-bond donors (Lipinski definition) is 2. The summed E-state index contributed by atoms with van der Waals surface area (Å²) in [6.45, 7) is 7.96. The molecule has 3 rings (SSSR count). The minimum absolute atomic E-state index is 0.0668. The Morgan fingerprint density at radius 1 is 1.10 bits per heavy atom. The first-order chi connectivity index (χ1) is 14.0. The molecule has 0 radical (unpaired) electrons. The van der Waals surface area contributed by atoms with Crippen molar-refractivity contribution in [3.63, 3.8) is 0 Å². The molecule has 0 bridgehead atoms. The van der Waals surface area contributed by atoms with Crippen LogP contribution in [0.1, 0.15) is 48.5 Å². The summed E-state index contributed by atoms with van der Waals surface area (Å²) in [5.41, 5.74) is 1.56. The second-order valence-corrected chi connectivity index (χ2v) is 8.35. The number of nitrogens with zero attached hydrogens (tertiary/aromatic N) is 2. The van der Waals surface area contributed by atoms with Crippen molar-refractivity contribution in [2.24, 2.45) is 5.92 Å². The highest BCUT2D eigenvalue weighted by molar-refractivity contribution is 7.80. The molecule has 1 aromatic rings. The van der Waals surface area contributed by atoms with Crippen molar-refractivity contribution in [3.05, 3.63) is 35.4 Å². The van der Waals surface area contributed by atoms with E-state index in [0.717, 1.165) is 69.1 Å². The molecule has 0 aromatic heterocycles. The van der Waals surface area contributed by atoms with Crippen LogP contribution in [0.15, 0.2) is 24.3 Å². The highest BCUT2D eigenvalue weighted by atomic mass is 32.1. The average molecular weight is 417 g/mol. The number of hydrogen-bond acceptors (Lipinski definition) is 3. The van der Waals surface area contributed by atoms with Crippen LogP contribution < -0.4 is 10.6 Å². The molecule has 29 heavy (non-hydrogen) atoms. The van der Waals surface area contributed by atoms with Crippen LogP contribution in [-0.2, 0) is 4.79 Å².